The van der Waals surface area contributed by atoms with Gasteiger partial charge in [-0.1, -0.05) is 45.9 Å². The minimum Gasteiger partial charge on any atom is -0.748 e. The van der Waals surface area contributed by atoms with Crippen molar-refractivity contribution in [3.05, 3.63) is 48.0 Å². The highest BCUT2D eigenvalue weighted by atomic mass is 32.2. The van der Waals surface area contributed by atoms with E-state index in [4.69, 9.17) is 0 Å². The first-order valence-corrected chi connectivity index (χ1v) is 10.4. The van der Waals surface area contributed by atoms with E-state index in [-0.39, 0.29) is 5.75 Å². The van der Waals surface area contributed by atoms with Crippen LogP contribution in [0.2, 0.25) is 0 Å². The molecule has 6 heteroatoms. The van der Waals surface area contributed by atoms with Crippen LogP contribution in [0.3, 0.4) is 0 Å². The van der Waals surface area contributed by atoms with Gasteiger partial charge in [0.1, 0.15) is 18.1 Å². The lowest BCUT2D eigenvalue weighted by atomic mass is 9.92. The fourth-order valence-electron chi connectivity index (χ4n) is 3.04. The number of unbranched alkanes of at least 4 members (excludes halogenated alkanes) is 1. The van der Waals surface area contributed by atoms with E-state index < -0.39 is 10.1 Å². The molecular formula is C19H28N2O3S. The zero-order chi connectivity index (χ0) is 18.6. The van der Waals surface area contributed by atoms with Gasteiger partial charge in [-0.3, -0.25) is 0 Å². The van der Waals surface area contributed by atoms with Crippen LogP contribution in [0.25, 0.3) is 5.69 Å². The van der Waals surface area contributed by atoms with Gasteiger partial charge in [-0.25, -0.2) is 17.6 Å². The lowest BCUT2D eigenvalue weighted by molar-refractivity contribution is -0.696. The molecule has 0 aliphatic carbocycles. The number of aryl methyl sites for hydroxylation is 1. The fourth-order valence-corrected chi connectivity index (χ4v) is 3.60. The van der Waals surface area contributed by atoms with Crippen LogP contribution in [0.4, 0.5) is 0 Å². The van der Waals surface area contributed by atoms with E-state index in [1.165, 1.54) is 16.8 Å². The molecule has 138 valence electrons. The van der Waals surface area contributed by atoms with Crippen LogP contribution < -0.4 is 4.57 Å². The highest BCUT2D eigenvalue weighted by Crippen LogP contribution is 2.30. The molecule has 0 spiro atoms. The van der Waals surface area contributed by atoms with Crippen molar-refractivity contribution in [3.8, 4) is 5.69 Å². The molecule has 1 heterocycles. The van der Waals surface area contributed by atoms with E-state index >= 15 is 0 Å². The summed E-state index contributed by atoms with van der Waals surface area (Å²) < 4.78 is 36.2. The standard InChI is InChI=1S/C19H28N2O3S/c1-15(2)17-8-7-9-18(16(3)4)19(17)21-12-11-20(14-21)10-5-6-13-25(22,23)24/h7-9,11-12,14-16H,5-6,10,13H2,1-4H3. The number of hydrogen-bond donors (Lipinski definition) is 0. The molecule has 0 unspecified atom stereocenters. The molecule has 0 bridgehead atoms. The van der Waals surface area contributed by atoms with Gasteiger partial charge in [0.15, 0.2) is 0 Å². The van der Waals surface area contributed by atoms with Crippen LogP contribution in [-0.4, -0.2) is 23.3 Å². The molecule has 0 amide bonds. The third-order valence-electron chi connectivity index (χ3n) is 4.35. The van der Waals surface area contributed by atoms with Crippen LogP contribution in [0.15, 0.2) is 36.9 Å². The summed E-state index contributed by atoms with van der Waals surface area (Å²) in [4.78, 5) is 0. The summed E-state index contributed by atoms with van der Waals surface area (Å²) in [5, 5.41) is 0. The Morgan fingerprint density at radius 2 is 1.68 bits per heavy atom. The van der Waals surface area contributed by atoms with Gasteiger partial charge in [0, 0.05) is 16.9 Å². The Morgan fingerprint density at radius 3 is 2.20 bits per heavy atom. The van der Waals surface area contributed by atoms with Gasteiger partial charge in [-0.15, -0.1) is 0 Å². The summed E-state index contributed by atoms with van der Waals surface area (Å²) in [5.41, 5.74) is 3.85. The quantitative estimate of drug-likeness (QED) is 0.410. The van der Waals surface area contributed by atoms with Crippen molar-refractivity contribution in [1.82, 2.24) is 4.57 Å². The first-order chi connectivity index (χ1) is 11.7. The summed E-state index contributed by atoms with van der Waals surface area (Å²) >= 11 is 0. The number of rotatable bonds is 8. The fraction of sp³-hybridized carbons (Fsp3) is 0.526. The molecule has 1 aromatic carbocycles. The van der Waals surface area contributed by atoms with Gasteiger partial charge in [0.25, 0.3) is 0 Å². The molecule has 0 saturated heterocycles. The molecule has 1 aromatic heterocycles. The molecule has 0 aliphatic rings. The summed E-state index contributed by atoms with van der Waals surface area (Å²) in [6.45, 7) is 9.49. The van der Waals surface area contributed by atoms with Crippen LogP contribution >= 0.6 is 0 Å². The molecular weight excluding hydrogens is 336 g/mol. The van der Waals surface area contributed by atoms with Gasteiger partial charge < -0.3 is 4.55 Å². The Labute approximate surface area is 151 Å². The zero-order valence-corrected chi connectivity index (χ0v) is 16.3. The second kappa shape index (κ2) is 8.15. The Kier molecular flexibility index (Phi) is 6.41. The van der Waals surface area contributed by atoms with E-state index in [0.29, 0.717) is 31.2 Å². The molecule has 5 nitrogen and oxygen atoms in total. The van der Waals surface area contributed by atoms with Crippen LogP contribution in [-0.2, 0) is 16.7 Å². The summed E-state index contributed by atoms with van der Waals surface area (Å²) in [7, 11) is -4.11. The van der Waals surface area contributed by atoms with Gasteiger partial charge in [-0.2, -0.15) is 0 Å². The Morgan fingerprint density at radius 1 is 1.08 bits per heavy atom. The predicted octanol–water partition coefficient (Wildman–Crippen LogP) is 3.34. The van der Waals surface area contributed by atoms with Crippen molar-refractivity contribution in [2.45, 2.75) is 58.9 Å². The van der Waals surface area contributed by atoms with Crippen molar-refractivity contribution in [1.29, 1.82) is 0 Å². The number of aromatic nitrogens is 2. The molecule has 2 rings (SSSR count). The molecule has 25 heavy (non-hydrogen) atoms. The Bertz CT molecular complexity index is 782. The van der Waals surface area contributed by atoms with Crippen LogP contribution in [0.1, 0.15) is 63.5 Å². The second-order valence-electron chi connectivity index (χ2n) is 7.12. The van der Waals surface area contributed by atoms with Gasteiger partial charge in [0.2, 0.25) is 6.33 Å². The third kappa shape index (κ3) is 5.41. The maximum absolute atomic E-state index is 10.7. The number of hydrogen-bond acceptors (Lipinski definition) is 3. The highest BCUT2D eigenvalue weighted by molar-refractivity contribution is 7.85. The van der Waals surface area contributed by atoms with Crippen LogP contribution in [0.5, 0.6) is 0 Å². The molecule has 0 fully saturated rings. The van der Waals surface area contributed by atoms with E-state index in [1.54, 1.807) is 0 Å². The van der Waals surface area contributed by atoms with Gasteiger partial charge >= 0.3 is 0 Å². The van der Waals surface area contributed by atoms with Gasteiger partial charge in [-0.05, 0) is 24.7 Å². The van der Waals surface area contributed by atoms with Crippen molar-refractivity contribution < 1.29 is 17.5 Å². The van der Waals surface area contributed by atoms with Crippen LogP contribution in [0, 0.1) is 0 Å². The number of benzene rings is 1. The zero-order valence-electron chi connectivity index (χ0n) is 15.5. The predicted molar refractivity (Wildman–Crippen MR) is 97.9 cm³/mol. The van der Waals surface area contributed by atoms with E-state index in [9.17, 15) is 13.0 Å². The minimum absolute atomic E-state index is 0.290. The number of imidazole rings is 1. The third-order valence-corrected chi connectivity index (χ3v) is 5.14. The van der Waals surface area contributed by atoms with E-state index in [0.717, 1.165) is 0 Å². The summed E-state index contributed by atoms with van der Waals surface area (Å²) in [6.07, 6.45) is 7.13. The molecule has 2 aromatic rings. The lowest BCUT2D eigenvalue weighted by Gasteiger charge is -2.16. The normalized spacial score (nSPS) is 12.3. The topological polar surface area (TPSA) is 66.0 Å². The first kappa shape index (κ1) is 19.7. The molecule has 0 saturated carbocycles. The van der Waals surface area contributed by atoms with Crippen molar-refractivity contribution in [2.24, 2.45) is 0 Å². The average molecular weight is 365 g/mol. The smallest absolute Gasteiger partial charge is 0.248 e. The van der Waals surface area contributed by atoms with E-state index in [2.05, 4.69) is 50.5 Å². The molecule has 0 N–H and O–H groups in total. The lowest BCUT2D eigenvalue weighted by Crippen LogP contribution is -2.31. The average Bonchev–Trinajstić information content (AvgIpc) is 2.98. The highest BCUT2D eigenvalue weighted by Gasteiger charge is 2.19. The van der Waals surface area contributed by atoms with E-state index in [1.807, 2.05) is 23.3 Å². The first-order valence-electron chi connectivity index (χ1n) is 8.83. The molecule has 0 radical (unpaired) electrons. The maximum atomic E-state index is 10.7. The minimum atomic E-state index is -4.11. The monoisotopic (exact) mass is 364 g/mol. The van der Waals surface area contributed by atoms with Gasteiger partial charge in [0.05, 0.1) is 16.7 Å². The number of nitrogens with zero attached hydrogens (tertiary/aromatic N) is 2. The van der Waals surface area contributed by atoms with Crippen molar-refractivity contribution >= 4 is 10.1 Å². The SMILES string of the molecule is CC(C)c1cccc(C(C)C)c1-n1cc[n+](CCCCS(=O)(=O)[O-])c1. The Hall–Kier alpha value is -1.66. The Balaban J connectivity index is 2.21. The largest absolute Gasteiger partial charge is 0.748 e. The second-order valence-corrected chi connectivity index (χ2v) is 8.65. The summed E-state index contributed by atoms with van der Waals surface area (Å²) in [5.74, 6) is 0.556. The van der Waals surface area contributed by atoms with Crippen molar-refractivity contribution in [3.63, 3.8) is 0 Å². The number of para-hydroxylation sites is 1. The summed E-state index contributed by atoms with van der Waals surface area (Å²) in [6, 6.07) is 6.47. The van der Waals surface area contributed by atoms with Crippen molar-refractivity contribution in [2.75, 3.05) is 5.75 Å². The molecule has 0 aliphatic heterocycles. The molecule has 0 atom stereocenters. The maximum Gasteiger partial charge on any atom is 0.248 e.